The van der Waals surface area contributed by atoms with Crippen molar-refractivity contribution in [1.82, 2.24) is 14.9 Å². The van der Waals surface area contributed by atoms with Crippen LogP contribution in [0, 0.1) is 0 Å². The zero-order valence-electron chi connectivity index (χ0n) is 12.9. The minimum Gasteiger partial charge on any atom is -0.338 e. The van der Waals surface area contributed by atoms with Gasteiger partial charge in [0.1, 0.15) is 11.9 Å². The van der Waals surface area contributed by atoms with Crippen molar-refractivity contribution in [2.45, 2.75) is 6.04 Å². The van der Waals surface area contributed by atoms with Gasteiger partial charge >= 0.3 is 0 Å². The zero-order chi connectivity index (χ0) is 17.1. The van der Waals surface area contributed by atoms with Gasteiger partial charge in [0.15, 0.2) is 0 Å². The Morgan fingerprint density at radius 3 is 2.54 bits per heavy atom. The highest BCUT2D eigenvalue weighted by Crippen LogP contribution is 2.27. The lowest BCUT2D eigenvalue weighted by Crippen LogP contribution is -2.31. The van der Waals surface area contributed by atoms with E-state index in [1.54, 1.807) is 24.4 Å². The summed E-state index contributed by atoms with van der Waals surface area (Å²) in [6.45, 7) is 0. The van der Waals surface area contributed by atoms with E-state index >= 15 is 0 Å². The maximum absolute atomic E-state index is 12.7. The predicted molar refractivity (Wildman–Crippen MR) is 95.4 cm³/mol. The molecule has 0 aliphatic carbocycles. The van der Waals surface area contributed by atoms with Crippen LogP contribution < -0.4 is 5.32 Å². The van der Waals surface area contributed by atoms with Gasteiger partial charge in [-0.1, -0.05) is 59.6 Å². The molecule has 3 aromatic rings. The molecule has 4 nitrogen and oxygen atoms in total. The molecule has 0 aliphatic heterocycles. The SMILES string of the molecule is Cn1ccnc1[C@H](NC(=O)c1cccc(Cl)c1Cl)c1ccccc1. The normalized spacial score (nSPS) is 12.0. The molecule has 0 bridgehead atoms. The zero-order valence-corrected chi connectivity index (χ0v) is 14.4. The summed E-state index contributed by atoms with van der Waals surface area (Å²) < 4.78 is 1.87. The van der Waals surface area contributed by atoms with Crippen LogP contribution in [0.25, 0.3) is 0 Å². The van der Waals surface area contributed by atoms with Crippen molar-refractivity contribution in [3.05, 3.63) is 87.9 Å². The first-order valence-electron chi connectivity index (χ1n) is 7.35. The Morgan fingerprint density at radius 1 is 1.12 bits per heavy atom. The van der Waals surface area contributed by atoms with Gasteiger partial charge in [0.05, 0.1) is 15.6 Å². The molecule has 0 fully saturated rings. The van der Waals surface area contributed by atoms with Crippen LogP contribution in [0.4, 0.5) is 0 Å². The van der Waals surface area contributed by atoms with E-state index in [1.807, 2.05) is 48.1 Å². The van der Waals surface area contributed by atoms with Gasteiger partial charge < -0.3 is 9.88 Å². The summed E-state index contributed by atoms with van der Waals surface area (Å²) in [5, 5.41) is 3.58. The first-order valence-corrected chi connectivity index (χ1v) is 8.10. The number of carbonyl (C=O) groups excluding carboxylic acids is 1. The Balaban J connectivity index is 1.97. The summed E-state index contributed by atoms with van der Waals surface area (Å²) in [6, 6.07) is 14.2. The van der Waals surface area contributed by atoms with Crippen LogP contribution in [0.3, 0.4) is 0 Å². The minimum atomic E-state index is -0.395. The number of rotatable bonds is 4. The van der Waals surface area contributed by atoms with Crippen molar-refractivity contribution in [3.63, 3.8) is 0 Å². The smallest absolute Gasteiger partial charge is 0.253 e. The van der Waals surface area contributed by atoms with E-state index in [2.05, 4.69) is 10.3 Å². The first-order chi connectivity index (χ1) is 11.6. The molecule has 0 saturated heterocycles. The van der Waals surface area contributed by atoms with Crippen molar-refractivity contribution in [2.24, 2.45) is 7.05 Å². The molecule has 2 aromatic carbocycles. The number of aromatic nitrogens is 2. The molecule has 0 unspecified atom stereocenters. The van der Waals surface area contributed by atoms with Crippen molar-refractivity contribution in [3.8, 4) is 0 Å². The number of halogens is 2. The summed E-state index contributed by atoms with van der Waals surface area (Å²) in [5.74, 6) is 0.423. The molecule has 1 amide bonds. The largest absolute Gasteiger partial charge is 0.338 e. The second-order valence-electron chi connectivity index (χ2n) is 5.31. The minimum absolute atomic E-state index is 0.239. The molecule has 24 heavy (non-hydrogen) atoms. The number of nitrogens with one attached hydrogen (secondary N) is 1. The van der Waals surface area contributed by atoms with Crippen molar-refractivity contribution in [1.29, 1.82) is 0 Å². The molecule has 0 saturated carbocycles. The number of imidazole rings is 1. The van der Waals surface area contributed by atoms with Crippen LogP contribution in [-0.2, 0) is 7.05 Å². The van der Waals surface area contributed by atoms with Gasteiger partial charge in [0, 0.05) is 19.4 Å². The molecule has 1 atom stereocenters. The monoisotopic (exact) mass is 359 g/mol. The van der Waals surface area contributed by atoms with E-state index in [9.17, 15) is 4.79 Å². The van der Waals surface area contributed by atoms with E-state index in [4.69, 9.17) is 23.2 Å². The van der Waals surface area contributed by atoms with E-state index < -0.39 is 6.04 Å². The Labute approximate surface area is 150 Å². The average Bonchev–Trinajstić information content (AvgIpc) is 3.01. The van der Waals surface area contributed by atoms with Crippen molar-refractivity contribution in [2.75, 3.05) is 0 Å². The van der Waals surface area contributed by atoms with E-state index in [0.29, 0.717) is 10.6 Å². The van der Waals surface area contributed by atoms with Crippen molar-refractivity contribution < 1.29 is 4.79 Å². The highest BCUT2D eigenvalue weighted by molar-refractivity contribution is 6.43. The maximum Gasteiger partial charge on any atom is 0.253 e. The molecule has 1 heterocycles. The topological polar surface area (TPSA) is 46.9 Å². The lowest BCUT2D eigenvalue weighted by atomic mass is 10.1. The van der Waals surface area contributed by atoms with Gasteiger partial charge in [0.25, 0.3) is 5.91 Å². The van der Waals surface area contributed by atoms with Gasteiger partial charge in [-0.25, -0.2) is 4.98 Å². The number of hydrogen-bond acceptors (Lipinski definition) is 2. The molecule has 6 heteroatoms. The summed E-state index contributed by atoms with van der Waals surface area (Å²) in [4.78, 5) is 17.1. The molecule has 1 aromatic heterocycles. The second kappa shape index (κ2) is 7.07. The number of amides is 1. The fourth-order valence-corrected chi connectivity index (χ4v) is 2.87. The highest BCUT2D eigenvalue weighted by Gasteiger charge is 2.22. The van der Waals surface area contributed by atoms with Crippen molar-refractivity contribution >= 4 is 29.1 Å². The third-order valence-corrected chi connectivity index (χ3v) is 4.54. The van der Waals surface area contributed by atoms with Crippen LogP contribution in [0.5, 0.6) is 0 Å². The van der Waals surface area contributed by atoms with Crippen LogP contribution >= 0.6 is 23.2 Å². The van der Waals surface area contributed by atoms with Crippen LogP contribution in [0.15, 0.2) is 60.9 Å². The quantitative estimate of drug-likeness (QED) is 0.756. The molecule has 0 spiro atoms. The lowest BCUT2D eigenvalue weighted by Gasteiger charge is -2.19. The summed E-state index contributed by atoms with van der Waals surface area (Å²) in [7, 11) is 1.89. The number of carbonyl (C=O) groups is 1. The lowest BCUT2D eigenvalue weighted by molar-refractivity contribution is 0.0941. The molecule has 0 aliphatic rings. The van der Waals surface area contributed by atoms with Gasteiger partial charge in [-0.05, 0) is 17.7 Å². The van der Waals surface area contributed by atoms with Gasteiger partial charge in [-0.2, -0.15) is 0 Å². The van der Waals surface area contributed by atoms with Gasteiger partial charge in [-0.15, -0.1) is 0 Å². The van der Waals surface area contributed by atoms with Gasteiger partial charge in [-0.3, -0.25) is 4.79 Å². The Morgan fingerprint density at radius 2 is 1.88 bits per heavy atom. The molecular weight excluding hydrogens is 345 g/mol. The van der Waals surface area contributed by atoms with E-state index in [0.717, 1.165) is 11.4 Å². The van der Waals surface area contributed by atoms with Crippen LogP contribution in [0.1, 0.15) is 27.8 Å². The molecular formula is C18H15Cl2N3O. The molecule has 3 rings (SSSR count). The molecule has 122 valence electrons. The third-order valence-electron chi connectivity index (χ3n) is 3.72. The Kier molecular flexibility index (Phi) is 4.88. The molecule has 0 radical (unpaired) electrons. The average molecular weight is 360 g/mol. The fraction of sp³-hybridized carbons (Fsp3) is 0.111. The Hall–Kier alpha value is -2.30. The van der Waals surface area contributed by atoms with E-state index in [-0.39, 0.29) is 10.9 Å². The standard InChI is InChI=1S/C18H15Cl2N3O/c1-23-11-10-21-17(23)16(12-6-3-2-4-7-12)22-18(24)13-8-5-9-14(19)15(13)20/h2-11,16H,1H3,(H,22,24)/t16-/m1/s1. The second-order valence-corrected chi connectivity index (χ2v) is 6.10. The summed E-state index contributed by atoms with van der Waals surface area (Å²) in [6.07, 6.45) is 3.54. The number of nitrogens with zero attached hydrogens (tertiary/aromatic N) is 2. The van der Waals surface area contributed by atoms with Crippen LogP contribution in [-0.4, -0.2) is 15.5 Å². The molecule has 1 N–H and O–H groups in total. The predicted octanol–water partition coefficient (Wildman–Crippen LogP) is 4.25. The summed E-state index contributed by atoms with van der Waals surface area (Å²) in [5.41, 5.74) is 1.26. The Bertz CT molecular complexity index is 862. The number of hydrogen-bond donors (Lipinski definition) is 1. The summed E-state index contributed by atoms with van der Waals surface area (Å²) >= 11 is 12.2. The maximum atomic E-state index is 12.7. The first kappa shape index (κ1) is 16.6. The number of aryl methyl sites for hydroxylation is 1. The van der Waals surface area contributed by atoms with E-state index in [1.165, 1.54) is 0 Å². The highest BCUT2D eigenvalue weighted by atomic mass is 35.5. The fourth-order valence-electron chi connectivity index (χ4n) is 2.49. The third kappa shape index (κ3) is 3.30. The van der Waals surface area contributed by atoms with Crippen LogP contribution in [0.2, 0.25) is 10.0 Å². The number of benzene rings is 2. The van der Waals surface area contributed by atoms with Gasteiger partial charge in [0.2, 0.25) is 0 Å².